The van der Waals surface area contributed by atoms with Gasteiger partial charge in [-0.2, -0.15) is 0 Å². The molecule has 1 aromatic heterocycles. The van der Waals surface area contributed by atoms with Crippen LogP contribution in [-0.2, 0) is 11.3 Å². The smallest absolute Gasteiger partial charge is 0.0835 e. The molecule has 3 nitrogen and oxygen atoms in total. The maximum Gasteiger partial charge on any atom is 0.0835 e. The molecule has 0 unspecified atom stereocenters. The molecule has 1 spiro atoms. The van der Waals surface area contributed by atoms with E-state index in [1.54, 1.807) is 0 Å². The van der Waals surface area contributed by atoms with E-state index in [-0.39, 0.29) is 5.60 Å². The van der Waals surface area contributed by atoms with Crippen molar-refractivity contribution in [1.29, 1.82) is 0 Å². The summed E-state index contributed by atoms with van der Waals surface area (Å²) in [6.45, 7) is 7.05. The van der Waals surface area contributed by atoms with Crippen molar-refractivity contribution in [2.75, 3.05) is 32.8 Å². The molecule has 21 heavy (non-hydrogen) atoms. The Labute approximate surface area is 131 Å². The summed E-state index contributed by atoms with van der Waals surface area (Å²) in [5.74, 6) is 0. The van der Waals surface area contributed by atoms with Gasteiger partial charge in [-0.3, -0.25) is 4.90 Å². The van der Waals surface area contributed by atoms with Gasteiger partial charge in [0.2, 0.25) is 0 Å². The molecule has 1 aromatic rings. The second kappa shape index (κ2) is 5.99. The zero-order valence-electron chi connectivity index (χ0n) is 12.8. The maximum absolute atomic E-state index is 6.30. The van der Waals surface area contributed by atoms with Crippen molar-refractivity contribution in [2.24, 2.45) is 0 Å². The number of thiophene rings is 1. The van der Waals surface area contributed by atoms with E-state index in [1.165, 1.54) is 56.6 Å². The molecule has 3 saturated heterocycles. The first kappa shape index (κ1) is 14.2. The molecular formula is C17H26N2OS. The summed E-state index contributed by atoms with van der Waals surface area (Å²) in [5, 5.41) is 2.18. The second-order valence-electron chi connectivity index (χ2n) is 6.96. The van der Waals surface area contributed by atoms with Crippen molar-refractivity contribution < 1.29 is 4.74 Å². The van der Waals surface area contributed by atoms with Gasteiger partial charge in [0.05, 0.1) is 5.60 Å². The molecule has 0 bridgehead atoms. The maximum atomic E-state index is 6.30. The Kier molecular flexibility index (Phi) is 4.05. The van der Waals surface area contributed by atoms with Gasteiger partial charge < -0.3 is 9.64 Å². The molecule has 4 rings (SSSR count). The Morgan fingerprint density at radius 2 is 2.19 bits per heavy atom. The van der Waals surface area contributed by atoms with Crippen LogP contribution in [0.3, 0.4) is 0 Å². The van der Waals surface area contributed by atoms with Gasteiger partial charge in [-0.1, -0.05) is 6.07 Å². The number of likely N-dealkylation sites (tertiary alicyclic amines) is 2. The van der Waals surface area contributed by atoms with Crippen LogP contribution in [-0.4, -0.2) is 54.2 Å². The summed E-state index contributed by atoms with van der Waals surface area (Å²) in [7, 11) is 0. The van der Waals surface area contributed by atoms with Crippen LogP contribution in [0.4, 0.5) is 0 Å². The standard InChI is InChI=1S/C17H26N2OS/c1-2-8-19(7-1)15-5-10-20-17(12-15)6-9-18(14-17)13-16-4-3-11-21-16/h3-4,11,15H,1-2,5-10,12-14H2/t15-,17-/m1/s1. The average Bonchev–Trinajstić information content (AvgIpc) is 3.22. The topological polar surface area (TPSA) is 15.7 Å². The van der Waals surface area contributed by atoms with Crippen molar-refractivity contribution in [3.8, 4) is 0 Å². The van der Waals surface area contributed by atoms with E-state index in [0.29, 0.717) is 0 Å². The lowest BCUT2D eigenvalue weighted by molar-refractivity contribution is -0.0960. The molecule has 4 heteroatoms. The molecule has 116 valence electrons. The highest BCUT2D eigenvalue weighted by Gasteiger charge is 2.44. The van der Waals surface area contributed by atoms with Gasteiger partial charge in [0.1, 0.15) is 0 Å². The zero-order chi connectivity index (χ0) is 14.1. The molecule has 2 atom stereocenters. The van der Waals surface area contributed by atoms with Gasteiger partial charge in [0.25, 0.3) is 0 Å². The second-order valence-corrected chi connectivity index (χ2v) is 7.99. The van der Waals surface area contributed by atoms with E-state index in [2.05, 4.69) is 27.3 Å². The molecule has 3 fully saturated rings. The number of hydrogen-bond acceptors (Lipinski definition) is 4. The van der Waals surface area contributed by atoms with Crippen LogP contribution in [0, 0.1) is 0 Å². The normalized spacial score (nSPS) is 35.0. The molecule has 4 heterocycles. The zero-order valence-corrected chi connectivity index (χ0v) is 13.6. The third-order valence-corrected chi connectivity index (χ3v) is 6.34. The van der Waals surface area contributed by atoms with Crippen molar-refractivity contribution in [2.45, 2.75) is 50.3 Å². The van der Waals surface area contributed by atoms with Crippen LogP contribution in [0.5, 0.6) is 0 Å². The van der Waals surface area contributed by atoms with E-state index >= 15 is 0 Å². The summed E-state index contributed by atoms with van der Waals surface area (Å²) in [5.41, 5.74) is 0.156. The predicted octanol–water partition coefficient (Wildman–Crippen LogP) is 2.97. The van der Waals surface area contributed by atoms with Crippen molar-refractivity contribution in [1.82, 2.24) is 9.80 Å². The van der Waals surface area contributed by atoms with E-state index < -0.39 is 0 Å². The van der Waals surface area contributed by atoms with E-state index in [4.69, 9.17) is 4.74 Å². The van der Waals surface area contributed by atoms with Crippen LogP contribution in [0.2, 0.25) is 0 Å². The van der Waals surface area contributed by atoms with Gasteiger partial charge in [-0.25, -0.2) is 0 Å². The first-order valence-corrected chi connectivity index (χ1v) is 9.34. The van der Waals surface area contributed by atoms with Crippen LogP contribution in [0.25, 0.3) is 0 Å². The largest absolute Gasteiger partial charge is 0.373 e. The summed E-state index contributed by atoms with van der Waals surface area (Å²) in [6, 6.07) is 5.19. The highest BCUT2D eigenvalue weighted by Crippen LogP contribution is 2.37. The Hall–Kier alpha value is -0.420. The molecule has 0 amide bonds. The molecule has 0 saturated carbocycles. The van der Waals surface area contributed by atoms with Crippen LogP contribution >= 0.6 is 11.3 Å². The Bertz CT molecular complexity index is 457. The number of rotatable bonds is 3. The lowest BCUT2D eigenvalue weighted by atomic mass is 9.89. The third kappa shape index (κ3) is 3.04. The summed E-state index contributed by atoms with van der Waals surface area (Å²) < 4.78 is 6.30. The molecule has 0 radical (unpaired) electrons. The minimum Gasteiger partial charge on any atom is -0.373 e. The number of ether oxygens (including phenoxy) is 1. The first-order chi connectivity index (χ1) is 10.3. The predicted molar refractivity (Wildman–Crippen MR) is 86.7 cm³/mol. The molecule has 3 aliphatic heterocycles. The van der Waals surface area contributed by atoms with Crippen LogP contribution < -0.4 is 0 Å². The molecular weight excluding hydrogens is 280 g/mol. The van der Waals surface area contributed by atoms with Gasteiger partial charge in [0, 0.05) is 37.2 Å². The van der Waals surface area contributed by atoms with Gasteiger partial charge >= 0.3 is 0 Å². The Morgan fingerprint density at radius 3 is 3.00 bits per heavy atom. The number of hydrogen-bond donors (Lipinski definition) is 0. The van der Waals surface area contributed by atoms with E-state index in [9.17, 15) is 0 Å². The SMILES string of the molecule is c1csc(CN2CC[C@@]3(C[C@H](N4CCCC4)CCO3)C2)c1. The van der Waals surface area contributed by atoms with Gasteiger partial charge in [-0.05, 0) is 56.6 Å². The fourth-order valence-corrected chi connectivity index (χ4v) is 5.14. The van der Waals surface area contributed by atoms with Crippen molar-refractivity contribution >= 4 is 11.3 Å². The molecule has 0 aromatic carbocycles. The average molecular weight is 306 g/mol. The first-order valence-electron chi connectivity index (χ1n) is 8.46. The Balaban J connectivity index is 1.38. The fourth-order valence-electron chi connectivity index (χ4n) is 4.39. The Morgan fingerprint density at radius 1 is 1.29 bits per heavy atom. The number of nitrogens with zero attached hydrogens (tertiary/aromatic N) is 2. The minimum atomic E-state index is 0.156. The summed E-state index contributed by atoms with van der Waals surface area (Å²) >= 11 is 1.88. The lowest BCUT2D eigenvalue weighted by Gasteiger charge is -2.41. The fraction of sp³-hybridized carbons (Fsp3) is 0.765. The third-order valence-electron chi connectivity index (χ3n) is 5.48. The van der Waals surface area contributed by atoms with Crippen LogP contribution in [0.15, 0.2) is 17.5 Å². The summed E-state index contributed by atoms with van der Waals surface area (Å²) in [6.07, 6.45) is 6.52. The van der Waals surface area contributed by atoms with Crippen molar-refractivity contribution in [3.05, 3.63) is 22.4 Å². The van der Waals surface area contributed by atoms with Gasteiger partial charge in [-0.15, -0.1) is 11.3 Å². The highest BCUT2D eigenvalue weighted by atomic mass is 32.1. The quantitative estimate of drug-likeness (QED) is 0.854. The highest BCUT2D eigenvalue weighted by molar-refractivity contribution is 7.09. The van der Waals surface area contributed by atoms with Crippen LogP contribution in [0.1, 0.15) is 37.0 Å². The van der Waals surface area contributed by atoms with E-state index in [0.717, 1.165) is 25.7 Å². The molecule has 0 N–H and O–H groups in total. The van der Waals surface area contributed by atoms with Gasteiger partial charge in [0.15, 0.2) is 0 Å². The minimum absolute atomic E-state index is 0.156. The van der Waals surface area contributed by atoms with Crippen molar-refractivity contribution in [3.63, 3.8) is 0 Å². The molecule has 3 aliphatic rings. The monoisotopic (exact) mass is 306 g/mol. The van der Waals surface area contributed by atoms with E-state index in [1.807, 2.05) is 11.3 Å². The lowest BCUT2D eigenvalue weighted by Crippen LogP contribution is -2.49. The summed E-state index contributed by atoms with van der Waals surface area (Å²) in [4.78, 5) is 6.81. The molecule has 0 aliphatic carbocycles.